The Bertz CT molecular complexity index is 2920. The van der Waals surface area contributed by atoms with E-state index in [1.54, 1.807) is 11.3 Å². The van der Waals surface area contributed by atoms with E-state index in [2.05, 4.69) is 117 Å². The molecule has 0 fully saturated rings. The van der Waals surface area contributed by atoms with Crippen molar-refractivity contribution in [1.82, 2.24) is 9.55 Å². The molecule has 0 atom stereocenters. The van der Waals surface area contributed by atoms with Gasteiger partial charge in [0.25, 0.3) is 0 Å². The monoisotopic (exact) mass is 641 g/mol. The average Bonchev–Trinajstić information content (AvgIpc) is 3.73. The molecule has 0 saturated heterocycles. The minimum Gasteiger partial charge on any atom is -0.292 e. The number of rotatable bonds is 5. The van der Waals surface area contributed by atoms with Gasteiger partial charge in [-0.3, -0.25) is 4.57 Å². The number of aromatic nitrogens is 2. The fourth-order valence-corrected chi connectivity index (χ4v) is 8.52. The highest BCUT2D eigenvalue weighted by atomic mass is 32.1. The molecule has 3 heteroatoms. The summed E-state index contributed by atoms with van der Waals surface area (Å²) >= 11 is 1.79. The lowest BCUT2D eigenvalue weighted by Crippen LogP contribution is -2.08. The number of para-hydroxylation sites is 3. The number of hydrogen-bond donors (Lipinski definition) is 0. The minimum absolute atomic E-state index is 0.194. The second-order valence-corrected chi connectivity index (χ2v) is 14.3. The molecule has 2 heterocycles. The fraction of sp³-hybridized carbons (Fsp3) is 0.133. The fourth-order valence-electron chi connectivity index (χ4n) is 7.29. The summed E-state index contributed by atoms with van der Waals surface area (Å²) in [5, 5.41) is 6.61. The first-order valence-corrected chi connectivity index (χ1v) is 17.3. The van der Waals surface area contributed by atoms with Gasteiger partial charge in [0.15, 0.2) is 0 Å². The normalized spacial score (nSPS) is 13.6. The van der Waals surface area contributed by atoms with E-state index in [-0.39, 0.29) is 35.8 Å². The summed E-state index contributed by atoms with van der Waals surface area (Å²) in [4.78, 5) is 5.35. The molecule has 0 saturated carbocycles. The van der Waals surface area contributed by atoms with Crippen molar-refractivity contribution < 1.29 is 6.85 Å². The molecular formula is C45H36N2S. The summed E-state index contributed by atoms with van der Waals surface area (Å²) < 4.78 is 46.1. The molecule has 2 aromatic heterocycles. The van der Waals surface area contributed by atoms with Crippen molar-refractivity contribution in [1.29, 1.82) is 0 Å². The second-order valence-electron chi connectivity index (χ2n) is 13.2. The van der Waals surface area contributed by atoms with Crippen molar-refractivity contribution in [2.75, 3.05) is 0 Å². The van der Waals surface area contributed by atoms with Crippen molar-refractivity contribution in [3.05, 3.63) is 144 Å². The van der Waals surface area contributed by atoms with E-state index < -0.39 is 0 Å². The van der Waals surface area contributed by atoms with Crippen LogP contribution in [0, 0.1) is 0 Å². The van der Waals surface area contributed by atoms with E-state index in [0.717, 1.165) is 44.0 Å². The number of benzene rings is 7. The Labute approximate surface area is 292 Å². The predicted molar refractivity (Wildman–Crippen MR) is 208 cm³/mol. The van der Waals surface area contributed by atoms with Gasteiger partial charge < -0.3 is 0 Å². The highest BCUT2D eigenvalue weighted by Gasteiger charge is 2.23. The molecule has 0 spiro atoms. The van der Waals surface area contributed by atoms with Gasteiger partial charge >= 0.3 is 0 Å². The zero-order valence-electron chi connectivity index (χ0n) is 32.3. The Balaban J connectivity index is 1.27. The maximum atomic E-state index is 8.51. The molecule has 0 aliphatic rings. The van der Waals surface area contributed by atoms with E-state index in [1.165, 1.54) is 37.0 Å². The van der Waals surface area contributed by atoms with Gasteiger partial charge in [-0.05, 0) is 92.0 Å². The maximum absolute atomic E-state index is 8.51. The Kier molecular flexibility index (Phi) is 5.58. The Morgan fingerprint density at radius 2 is 1.35 bits per heavy atom. The van der Waals surface area contributed by atoms with Crippen molar-refractivity contribution in [3.8, 4) is 28.2 Å². The third-order valence-corrected chi connectivity index (χ3v) is 10.8. The topological polar surface area (TPSA) is 17.8 Å². The van der Waals surface area contributed by atoms with Crippen molar-refractivity contribution >= 4 is 64.1 Å². The van der Waals surface area contributed by atoms with E-state index in [1.807, 2.05) is 18.2 Å². The number of fused-ring (bicyclic) bond motifs is 7. The molecule has 2 nitrogen and oxygen atoms in total. The van der Waals surface area contributed by atoms with Crippen molar-refractivity contribution in [2.45, 2.75) is 39.5 Å². The van der Waals surface area contributed by atoms with Crippen molar-refractivity contribution in [3.63, 3.8) is 0 Å². The molecule has 0 aliphatic carbocycles. The number of hydrogen-bond acceptors (Lipinski definition) is 2. The highest BCUT2D eigenvalue weighted by Crippen LogP contribution is 2.44. The predicted octanol–water partition coefficient (Wildman–Crippen LogP) is 13.3. The van der Waals surface area contributed by atoms with Crippen LogP contribution >= 0.6 is 11.3 Å². The van der Waals surface area contributed by atoms with Crippen LogP contribution < -0.4 is 0 Å². The van der Waals surface area contributed by atoms with Gasteiger partial charge in [-0.25, -0.2) is 4.98 Å². The van der Waals surface area contributed by atoms with Gasteiger partial charge in [0.05, 0.1) is 23.6 Å². The molecule has 9 rings (SSSR count). The summed E-state index contributed by atoms with van der Waals surface area (Å²) in [5.41, 5.74) is 7.81. The molecular weight excluding hydrogens is 601 g/mol. The average molecular weight is 642 g/mol. The van der Waals surface area contributed by atoms with E-state index >= 15 is 0 Å². The summed E-state index contributed by atoms with van der Waals surface area (Å²) in [7, 11) is 0. The van der Waals surface area contributed by atoms with E-state index in [4.69, 9.17) is 11.8 Å². The molecule has 0 amide bonds. The van der Waals surface area contributed by atoms with Crippen LogP contribution in [0.5, 0.6) is 0 Å². The number of thiophene rings is 1. The van der Waals surface area contributed by atoms with Crippen molar-refractivity contribution in [2.24, 2.45) is 0 Å². The smallest absolute Gasteiger partial charge is 0.147 e. The number of imidazole rings is 1. The zero-order chi connectivity index (χ0) is 36.9. The van der Waals surface area contributed by atoms with Gasteiger partial charge in [-0.1, -0.05) is 125 Å². The molecule has 0 bridgehead atoms. The first-order valence-electron chi connectivity index (χ1n) is 19.0. The number of nitrogens with zero attached hydrogens (tertiary/aromatic N) is 2. The first kappa shape index (κ1) is 24.0. The summed E-state index contributed by atoms with van der Waals surface area (Å²) in [6, 6.07) is 34.8. The van der Waals surface area contributed by atoms with Crippen LogP contribution in [0.4, 0.5) is 0 Å². The quantitative estimate of drug-likeness (QED) is 0.171. The molecule has 0 radical (unpaired) electrons. The van der Waals surface area contributed by atoms with Crippen LogP contribution in [-0.4, -0.2) is 9.55 Å². The molecule has 0 aliphatic heterocycles. The zero-order valence-corrected chi connectivity index (χ0v) is 28.1. The Morgan fingerprint density at radius 3 is 2.12 bits per heavy atom. The molecule has 0 N–H and O–H groups in total. The van der Waals surface area contributed by atoms with Gasteiger partial charge in [-0.2, -0.15) is 0 Å². The Hall–Kier alpha value is -5.25. The van der Waals surface area contributed by atoms with Crippen LogP contribution in [0.15, 0.2) is 133 Å². The second kappa shape index (κ2) is 11.2. The van der Waals surface area contributed by atoms with Gasteiger partial charge in [0, 0.05) is 25.7 Å². The molecule has 0 unspecified atom stereocenters. The summed E-state index contributed by atoms with van der Waals surface area (Å²) in [6.45, 7) is 9.05. The van der Waals surface area contributed by atoms with E-state index in [9.17, 15) is 0 Å². The van der Waals surface area contributed by atoms with Crippen LogP contribution in [0.1, 0.15) is 57.5 Å². The third-order valence-electron chi connectivity index (χ3n) is 9.61. The van der Waals surface area contributed by atoms with Gasteiger partial charge in [-0.15, -0.1) is 11.3 Å². The maximum Gasteiger partial charge on any atom is 0.147 e. The first-order chi connectivity index (χ1) is 25.5. The van der Waals surface area contributed by atoms with Crippen LogP contribution in [0.2, 0.25) is 0 Å². The lowest BCUT2D eigenvalue weighted by Gasteiger charge is -2.22. The Morgan fingerprint density at radius 1 is 0.625 bits per heavy atom. The van der Waals surface area contributed by atoms with Gasteiger partial charge in [0.1, 0.15) is 5.82 Å². The lowest BCUT2D eigenvalue weighted by atomic mass is 9.92. The van der Waals surface area contributed by atoms with E-state index in [0.29, 0.717) is 17.4 Å². The SMILES string of the molecule is [2H]c1c([2H])c([2H])c(-c2ccc3c(ccc4cc5c(cc43)sc3c(-c4nc6ccccc6n4-c4c(C(C)C)cccc4C(C)C)cccc35)c2)c([2H])c1[2H]. The molecule has 9 aromatic rings. The van der Waals surface area contributed by atoms with Crippen LogP contribution in [0.3, 0.4) is 0 Å². The molecule has 232 valence electrons. The highest BCUT2D eigenvalue weighted by molar-refractivity contribution is 7.26. The molecule has 48 heavy (non-hydrogen) atoms. The summed E-state index contributed by atoms with van der Waals surface area (Å²) in [6.07, 6.45) is 0. The largest absolute Gasteiger partial charge is 0.292 e. The van der Waals surface area contributed by atoms with Crippen LogP contribution in [0.25, 0.3) is 81.0 Å². The lowest BCUT2D eigenvalue weighted by molar-refractivity contribution is 0.811. The molecule has 7 aromatic carbocycles. The van der Waals surface area contributed by atoms with Gasteiger partial charge in [0.2, 0.25) is 0 Å². The third kappa shape index (κ3) is 4.49. The standard InChI is InChI=1S/C45H36N2S/c1-27(2)33-14-10-15-34(28(3)4)43(33)47-41-19-9-8-18-40(41)46-45(47)37-17-11-16-36-39-25-32-21-20-31-24-30(29-12-6-5-7-13-29)22-23-35(31)38(32)26-42(39)48-44(36)37/h5-28H,1-4H3/i5D,6D,7D,12D,13D. The summed E-state index contributed by atoms with van der Waals surface area (Å²) in [5.74, 6) is 1.59. The minimum atomic E-state index is -0.385. The van der Waals surface area contributed by atoms with Crippen LogP contribution in [-0.2, 0) is 0 Å².